The summed E-state index contributed by atoms with van der Waals surface area (Å²) in [4.78, 5) is 11.7. The molecular formula is C13H12N2O2. The summed E-state index contributed by atoms with van der Waals surface area (Å²) in [6.07, 6.45) is 1.29. The molecule has 86 valence electrons. The van der Waals surface area contributed by atoms with Gasteiger partial charge in [-0.05, 0) is 25.5 Å². The van der Waals surface area contributed by atoms with E-state index in [1.807, 2.05) is 13.0 Å². The lowest BCUT2D eigenvalue weighted by Gasteiger charge is -2.05. The van der Waals surface area contributed by atoms with E-state index in [-0.39, 0.29) is 11.5 Å². The molecule has 17 heavy (non-hydrogen) atoms. The number of carbonyl (C=O) groups is 1. The zero-order valence-corrected chi connectivity index (χ0v) is 9.47. The summed E-state index contributed by atoms with van der Waals surface area (Å²) in [5.74, 6) is 0.373. The zero-order valence-electron chi connectivity index (χ0n) is 9.47. The van der Waals surface area contributed by atoms with Crippen molar-refractivity contribution >= 4 is 5.78 Å². The van der Waals surface area contributed by atoms with Gasteiger partial charge < -0.3 is 5.11 Å². The third-order valence-electron chi connectivity index (χ3n) is 3.10. The van der Waals surface area contributed by atoms with Crippen LogP contribution in [0.1, 0.15) is 28.2 Å². The number of benzene rings is 1. The minimum Gasteiger partial charge on any atom is -0.508 e. The van der Waals surface area contributed by atoms with Crippen LogP contribution in [0.5, 0.6) is 5.75 Å². The fourth-order valence-electron chi connectivity index (χ4n) is 2.36. The van der Waals surface area contributed by atoms with Crippen molar-refractivity contribution in [2.24, 2.45) is 0 Å². The quantitative estimate of drug-likeness (QED) is 0.812. The Balaban J connectivity index is 2.20. The lowest BCUT2D eigenvalue weighted by molar-refractivity contribution is 0.0994. The van der Waals surface area contributed by atoms with Crippen LogP contribution in [0, 0.1) is 6.92 Å². The van der Waals surface area contributed by atoms with E-state index >= 15 is 0 Å². The first-order valence-corrected chi connectivity index (χ1v) is 5.58. The number of carbonyl (C=O) groups excluding carboxylic acids is 1. The topological polar surface area (TPSA) is 55.1 Å². The molecule has 1 aromatic carbocycles. The van der Waals surface area contributed by atoms with E-state index in [9.17, 15) is 9.90 Å². The number of hydrogen-bond donors (Lipinski definition) is 1. The standard InChI is InChI=1S/C13H12N2O2/c1-8-13-11(5-6-12(13)17)15(14-8)9-3-2-4-10(16)7-9/h2-4,7,16H,5-6H2,1H3. The lowest BCUT2D eigenvalue weighted by atomic mass is 10.2. The Bertz CT molecular complexity index is 614. The molecule has 0 radical (unpaired) electrons. The number of phenols is 1. The van der Waals surface area contributed by atoms with Crippen molar-refractivity contribution in [1.29, 1.82) is 0 Å². The van der Waals surface area contributed by atoms with Gasteiger partial charge in [0, 0.05) is 12.5 Å². The Kier molecular flexibility index (Phi) is 2.04. The maximum atomic E-state index is 11.7. The van der Waals surface area contributed by atoms with Crippen molar-refractivity contribution in [3.63, 3.8) is 0 Å². The van der Waals surface area contributed by atoms with Gasteiger partial charge in [-0.3, -0.25) is 4.79 Å². The Morgan fingerprint density at radius 1 is 1.35 bits per heavy atom. The van der Waals surface area contributed by atoms with Crippen molar-refractivity contribution in [3.8, 4) is 11.4 Å². The van der Waals surface area contributed by atoms with E-state index in [1.165, 1.54) is 0 Å². The molecule has 1 aliphatic rings. The first-order valence-electron chi connectivity index (χ1n) is 5.58. The molecule has 1 aromatic heterocycles. The SMILES string of the molecule is Cc1nn(-c2cccc(O)c2)c2c1C(=O)CC2. The van der Waals surface area contributed by atoms with Crippen molar-refractivity contribution in [3.05, 3.63) is 41.2 Å². The number of rotatable bonds is 1. The third-order valence-corrected chi connectivity index (χ3v) is 3.10. The summed E-state index contributed by atoms with van der Waals surface area (Å²) in [6.45, 7) is 1.85. The van der Waals surface area contributed by atoms with Gasteiger partial charge in [0.25, 0.3) is 0 Å². The molecule has 1 aliphatic carbocycles. The first kappa shape index (κ1) is 10.1. The molecule has 0 aliphatic heterocycles. The van der Waals surface area contributed by atoms with E-state index in [4.69, 9.17) is 0 Å². The molecule has 1 heterocycles. The molecule has 0 atom stereocenters. The number of aromatic nitrogens is 2. The van der Waals surface area contributed by atoms with Crippen LogP contribution in [0.3, 0.4) is 0 Å². The average Bonchev–Trinajstić information content (AvgIpc) is 2.82. The Hall–Kier alpha value is -2.10. The molecule has 4 nitrogen and oxygen atoms in total. The van der Waals surface area contributed by atoms with Gasteiger partial charge in [0.2, 0.25) is 0 Å². The van der Waals surface area contributed by atoms with Gasteiger partial charge >= 0.3 is 0 Å². The minimum atomic E-state index is 0.170. The summed E-state index contributed by atoms with van der Waals surface area (Å²) in [5.41, 5.74) is 3.28. The predicted octanol–water partition coefficient (Wildman–Crippen LogP) is 2.02. The smallest absolute Gasteiger partial charge is 0.166 e. The number of aromatic hydroxyl groups is 1. The van der Waals surface area contributed by atoms with Gasteiger partial charge in [-0.25, -0.2) is 4.68 Å². The van der Waals surface area contributed by atoms with Gasteiger partial charge in [0.05, 0.1) is 22.6 Å². The summed E-state index contributed by atoms with van der Waals surface area (Å²) in [5, 5.41) is 13.9. The zero-order chi connectivity index (χ0) is 12.0. The van der Waals surface area contributed by atoms with Crippen LogP contribution < -0.4 is 0 Å². The minimum absolute atomic E-state index is 0.170. The normalized spacial score (nSPS) is 14.1. The van der Waals surface area contributed by atoms with Crippen molar-refractivity contribution in [2.75, 3.05) is 0 Å². The molecule has 4 heteroatoms. The molecule has 0 spiro atoms. The van der Waals surface area contributed by atoms with Gasteiger partial charge in [0.1, 0.15) is 5.75 Å². The van der Waals surface area contributed by atoms with Crippen LogP contribution in [0.25, 0.3) is 5.69 Å². The molecule has 2 aromatic rings. The fraction of sp³-hybridized carbons (Fsp3) is 0.231. The van der Waals surface area contributed by atoms with Crippen molar-refractivity contribution in [2.45, 2.75) is 19.8 Å². The monoisotopic (exact) mass is 228 g/mol. The molecule has 3 rings (SSSR count). The lowest BCUT2D eigenvalue weighted by Crippen LogP contribution is -2.00. The molecule has 0 saturated heterocycles. The van der Waals surface area contributed by atoms with E-state index < -0.39 is 0 Å². The molecule has 0 bridgehead atoms. The molecule has 0 fully saturated rings. The van der Waals surface area contributed by atoms with Crippen molar-refractivity contribution in [1.82, 2.24) is 9.78 Å². The van der Waals surface area contributed by atoms with E-state index in [1.54, 1.807) is 22.9 Å². The molecule has 0 unspecified atom stereocenters. The van der Waals surface area contributed by atoms with Crippen LogP contribution >= 0.6 is 0 Å². The van der Waals surface area contributed by atoms with Crippen LogP contribution in [0.15, 0.2) is 24.3 Å². The second-order valence-electron chi connectivity index (χ2n) is 4.26. The van der Waals surface area contributed by atoms with E-state index in [0.29, 0.717) is 6.42 Å². The molecule has 1 N–H and O–H groups in total. The second-order valence-corrected chi connectivity index (χ2v) is 4.26. The highest BCUT2D eigenvalue weighted by atomic mass is 16.3. The summed E-state index contributed by atoms with van der Waals surface area (Å²) in [6, 6.07) is 6.90. The third kappa shape index (κ3) is 1.45. The highest BCUT2D eigenvalue weighted by Gasteiger charge is 2.27. The summed E-state index contributed by atoms with van der Waals surface area (Å²) < 4.78 is 1.76. The van der Waals surface area contributed by atoms with E-state index in [0.717, 1.165) is 29.1 Å². The largest absolute Gasteiger partial charge is 0.508 e. The summed E-state index contributed by atoms with van der Waals surface area (Å²) >= 11 is 0. The number of aryl methyl sites for hydroxylation is 1. The number of Topliss-reactive ketones (excluding diaryl/α,β-unsaturated/α-hetero) is 1. The first-order chi connectivity index (χ1) is 8.16. The van der Waals surface area contributed by atoms with Gasteiger partial charge in [-0.1, -0.05) is 6.07 Å². The highest BCUT2D eigenvalue weighted by Crippen LogP contribution is 2.28. The predicted molar refractivity (Wildman–Crippen MR) is 62.6 cm³/mol. The number of nitrogens with zero attached hydrogens (tertiary/aromatic N) is 2. The maximum absolute atomic E-state index is 11.7. The van der Waals surface area contributed by atoms with Crippen LogP contribution in [0.2, 0.25) is 0 Å². The van der Waals surface area contributed by atoms with Gasteiger partial charge in [0.15, 0.2) is 5.78 Å². The van der Waals surface area contributed by atoms with E-state index in [2.05, 4.69) is 5.10 Å². The second kappa shape index (κ2) is 3.45. The van der Waals surface area contributed by atoms with Crippen molar-refractivity contribution < 1.29 is 9.90 Å². The maximum Gasteiger partial charge on any atom is 0.166 e. The number of ketones is 1. The molecule has 0 amide bonds. The molecular weight excluding hydrogens is 216 g/mol. The Morgan fingerprint density at radius 2 is 2.18 bits per heavy atom. The fourth-order valence-corrected chi connectivity index (χ4v) is 2.36. The van der Waals surface area contributed by atoms with Crippen LogP contribution in [-0.4, -0.2) is 20.7 Å². The number of phenolic OH excluding ortho intramolecular Hbond substituents is 1. The van der Waals surface area contributed by atoms with Gasteiger partial charge in [-0.2, -0.15) is 5.10 Å². The average molecular weight is 228 g/mol. The highest BCUT2D eigenvalue weighted by molar-refractivity contribution is 6.01. The van der Waals surface area contributed by atoms with Crippen LogP contribution in [-0.2, 0) is 6.42 Å². The van der Waals surface area contributed by atoms with Gasteiger partial charge in [-0.15, -0.1) is 0 Å². The number of hydrogen-bond acceptors (Lipinski definition) is 3. The number of fused-ring (bicyclic) bond motifs is 1. The van der Waals surface area contributed by atoms with Crippen LogP contribution in [0.4, 0.5) is 0 Å². The Morgan fingerprint density at radius 3 is 2.94 bits per heavy atom. The Labute approximate surface area is 98.5 Å². The summed E-state index contributed by atoms with van der Waals surface area (Å²) in [7, 11) is 0. The molecule has 0 saturated carbocycles.